The van der Waals surface area contributed by atoms with Gasteiger partial charge in [0.05, 0.1) is 5.75 Å². The summed E-state index contributed by atoms with van der Waals surface area (Å²) in [6.45, 7) is 8.19. The van der Waals surface area contributed by atoms with Crippen LogP contribution in [-0.2, 0) is 0 Å². The number of aromatic nitrogens is 2. The van der Waals surface area contributed by atoms with Gasteiger partial charge in [-0.2, -0.15) is 0 Å². The number of ketones is 1. The van der Waals surface area contributed by atoms with Crippen molar-refractivity contribution in [2.24, 2.45) is 0 Å². The Labute approximate surface area is 137 Å². The predicted octanol–water partition coefficient (Wildman–Crippen LogP) is 4.55. The minimum absolute atomic E-state index is 0.153. The van der Waals surface area contributed by atoms with E-state index in [9.17, 15) is 4.79 Å². The highest BCUT2D eigenvalue weighted by Crippen LogP contribution is 2.29. The summed E-state index contributed by atoms with van der Waals surface area (Å²) in [4.78, 5) is 12.4. The van der Waals surface area contributed by atoms with Crippen molar-refractivity contribution in [3.63, 3.8) is 0 Å². The van der Waals surface area contributed by atoms with E-state index in [2.05, 4.69) is 30.1 Å². The Kier molecular flexibility index (Phi) is 5.84. The van der Waals surface area contributed by atoms with E-state index in [-0.39, 0.29) is 5.78 Å². The quantitative estimate of drug-likeness (QED) is 0.571. The van der Waals surface area contributed by atoms with Crippen LogP contribution in [0.1, 0.15) is 34.0 Å². The molecule has 2 aromatic rings. The fourth-order valence-corrected chi connectivity index (χ4v) is 4.70. The van der Waals surface area contributed by atoms with Gasteiger partial charge in [0.15, 0.2) is 14.5 Å². The lowest BCUT2D eigenvalue weighted by Crippen LogP contribution is -2.06. The number of thioether (sulfide) groups is 2. The highest BCUT2D eigenvalue weighted by Gasteiger charge is 2.13. The molecule has 1 heterocycles. The monoisotopic (exact) mass is 338 g/mol. The molecule has 0 saturated heterocycles. The first-order chi connectivity index (χ1) is 10.0. The van der Waals surface area contributed by atoms with Crippen molar-refractivity contribution < 1.29 is 4.79 Å². The minimum atomic E-state index is 0.153. The number of carbonyl (C=O) groups excluding carboxylic acids is 1. The van der Waals surface area contributed by atoms with Gasteiger partial charge in [-0.1, -0.05) is 47.9 Å². The standard InChI is InChI=1S/C15H18N2OS3/c1-5-19-14-16-17-15(21-14)20-8-13(18)12-7-10(3)9(2)6-11(12)4/h6-7H,5,8H2,1-4H3. The predicted molar refractivity (Wildman–Crippen MR) is 92.0 cm³/mol. The van der Waals surface area contributed by atoms with Crippen molar-refractivity contribution in [2.75, 3.05) is 11.5 Å². The largest absolute Gasteiger partial charge is 0.293 e. The van der Waals surface area contributed by atoms with Gasteiger partial charge in [0, 0.05) is 5.56 Å². The first-order valence-electron chi connectivity index (χ1n) is 6.71. The smallest absolute Gasteiger partial charge is 0.175 e. The molecule has 1 aromatic heterocycles. The average Bonchev–Trinajstić information content (AvgIpc) is 2.88. The summed E-state index contributed by atoms with van der Waals surface area (Å²) >= 11 is 4.71. The lowest BCUT2D eigenvalue weighted by atomic mass is 9.99. The summed E-state index contributed by atoms with van der Waals surface area (Å²) in [6.07, 6.45) is 0. The maximum absolute atomic E-state index is 12.4. The second kappa shape index (κ2) is 7.42. The molecule has 0 N–H and O–H groups in total. The van der Waals surface area contributed by atoms with Crippen molar-refractivity contribution in [3.8, 4) is 0 Å². The van der Waals surface area contributed by atoms with E-state index in [1.165, 1.54) is 17.3 Å². The van der Waals surface area contributed by atoms with E-state index in [1.807, 2.05) is 19.9 Å². The molecule has 0 spiro atoms. The third-order valence-corrected chi connectivity index (χ3v) is 6.20. The Morgan fingerprint density at radius 3 is 2.33 bits per heavy atom. The van der Waals surface area contributed by atoms with Crippen LogP contribution in [0, 0.1) is 20.8 Å². The Morgan fingerprint density at radius 2 is 1.67 bits per heavy atom. The van der Waals surface area contributed by atoms with E-state index in [0.717, 1.165) is 31.1 Å². The van der Waals surface area contributed by atoms with Gasteiger partial charge >= 0.3 is 0 Å². The second-order valence-electron chi connectivity index (χ2n) is 4.73. The number of rotatable bonds is 6. The lowest BCUT2D eigenvalue weighted by Gasteiger charge is -2.08. The molecule has 21 heavy (non-hydrogen) atoms. The van der Waals surface area contributed by atoms with E-state index < -0.39 is 0 Å². The number of hydrogen-bond donors (Lipinski definition) is 0. The number of hydrogen-bond acceptors (Lipinski definition) is 6. The summed E-state index contributed by atoms with van der Waals surface area (Å²) in [5, 5.41) is 8.21. The normalized spacial score (nSPS) is 10.9. The Bertz CT molecular complexity index is 652. The van der Waals surface area contributed by atoms with Crippen molar-refractivity contribution in [1.82, 2.24) is 10.2 Å². The van der Waals surface area contributed by atoms with E-state index in [4.69, 9.17) is 0 Å². The Morgan fingerprint density at radius 1 is 1.05 bits per heavy atom. The third kappa shape index (κ3) is 4.31. The van der Waals surface area contributed by atoms with Gasteiger partial charge in [-0.3, -0.25) is 4.79 Å². The van der Waals surface area contributed by atoms with Gasteiger partial charge in [-0.05, 0) is 49.3 Å². The third-order valence-electron chi connectivity index (χ3n) is 3.12. The molecule has 112 valence electrons. The molecule has 2 rings (SSSR count). The SMILES string of the molecule is CCSc1nnc(SCC(=O)c2cc(C)c(C)cc2C)s1. The molecule has 0 amide bonds. The molecule has 0 aliphatic heterocycles. The van der Waals surface area contributed by atoms with Crippen LogP contribution in [0.5, 0.6) is 0 Å². The van der Waals surface area contributed by atoms with Crippen LogP contribution >= 0.6 is 34.9 Å². The zero-order chi connectivity index (χ0) is 15.4. The molecule has 0 aliphatic carbocycles. The molecule has 0 saturated carbocycles. The fraction of sp³-hybridized carbons (Fsp3) is 0.400. The van der Waals surface area contributed by atoms with Crippen molar-refractivity contribution in [1.29, 1.82) is 0 Å². The minimum Gasteiger partial charge on any atom is -0.293 e. The van der Waals surface area contributed by atoms with Gasteiger partial charge in [-0.15, -0.1) is 10.2 Å². The summed E-state index contributed by atoms with van der Waals surface area (Å²) in [5.41, 5.74) is 4.25. The fourth-order valence-electron chi connectivity index (χ4n) is 1.90. The summed E-state index contributed by atoms with van der Waals surface area (Å²) in [7, 11) is 0. The van der Waals surface area contributed by atoms with E-state index >= 15 is 0 Å². The van der Waals surface area contributed by atoms with Crippen LogP contribution in [0.2, 0.25) is 0 Å². The molecule has 6 heteroatoms. The molecular formula is C15H18N2OS3. The van der Waals surface area contributed by atoms with Gasteiger partial charge < -0.3 is 0 Å². The molecule has 0 unspecified atom stereocenters. The highest BCUT2D eigenvalue weighted by atomic mass is 32.2. The molecule has 0 atom stereocenters. The maximum atomic E-state index is 12.4. The van der Waals surface area contributed by atoms with Crippen molar-refractivity contribution in [2.45, 2.75) is 36.4 Å². The molecule has 3 nitrogen and oxygen atoms in total. The molecule has 1 aromatic carbocycles. The summed E-state index contributed by atoms with van der Waals surface area (Å²) in [5.74, 6) is 1.55. The topological polar surface area (TPSA) is 42.9 Å². The van der Waals surface area contributed by atoms with Crippen LogP contribution in [0.25, 0.3) is 0 Å². The molecular weight excluding hydrogens is 320 g/mol. The van der Waals surface area contributed by atoms with Crippen LogP contribution in [0.4, 0.5) is 0 Å². The van der Waals surface area contributed by atoms with E-state index in [0.29, 0.717) is 5.75 Å². The molecule has 0 fully saturated rings. The number of benzene rings is 1. The Balaban J connectivity index is 2.02. The highest BCUT2D eigenvalue weighted by molar-refractivity contribution is 8.03. The number of nitrogens with zero attached hydrogens (tertiary/aromatic N) is 2. The maximum Gasteiger partial charge on any atom is 0.175 e. The van der Waals surface area contributed by atoms with Crippen LogP contribution in [0.15, 0.2) is 20.8 Å². The van der Waals surface area contributed by atoms with Crippen LogP contribution in [-0.4, -0.2) is 27.5 Å². The van der Waals surface area contributed by atoms with Crippen LogP contribution < -0.4 is 0 Å². The van der Waals surface area contributed by atoms with Gasteiger partial charge in [0.25, 0.3) is 0 Å². The zero-order valence-corrected chi connectivity index (χ0v) is 15.0. The number of Topliss-reactive ketones (excluding diaryl/α,β-unsaturated/α-hetero) is 1. The van der Waals surface area contributed by atoms with Crippen molar-refractivity contribution >= 4 is 40.6 Å². The summed E-state index contributed by atoms with van der Waals surface area (Å²) in [6, 6.07) is 4.07. The van der Waals surface area contributed by atoms with E-state index in [1.54, 1.807) is 23.1 Å². The zero-order valence-electron chi connectivity index (χ0n) is 12.6. The average molecular weight is 339 g/mol. The number of carbonyl (C=O) groups is 1. The van der Waals surface area contributed by atoms with Gasteiger partial charge in [-0.25, -0.2) is 0 Å². The van der Waals surface area contributed by atoms with Gasteiger partial charge in [0.2, 0.25) is 0 Å². The van der Waals surface area contributed by atoms with Crippen LogP contribution in [0.3, 0.4) is 0 Å². The molecule has 0 bridgehead atoms. The summed E-state index contributed by atoms with van der Waals surface area (Å²) < 4.78 is 1.83. The number of aryl methyl sites for hydroxylation is 3. The lowest BCUT2D eigenvalue weighted by molar-refractivity contribution is 0.102. The molecule has 0 aliphatic rings. The Hall–Kier alpha value is -0.850. The van der Waals surface area contributed by atoms with Crippen molar-refractivity contribution in [3.05, 3.63) is 34.4 Å². The van der Waals surface area contributed by atoms with Gasteiger partial charge in [0.1, 0.15) is 0 Å². The first kappa shape index (κ1) is 16.5. The first-order valence-corrected chi connectivity index (χ1v) is 9.50. The second-order valence-corrected chi connectivity index (χ2v) is 8.44. The molecule has 0 radical (unpaired) electrons.